The Hall–Kier alpha value is -2.61. The molecular weight excluding hydrogens is 448 g/mol. The Morgan fingerprint density at radius 2 is 2.20 bits per heavy atom. The first kappa shape index (κ1) is 20.7. The Labute approximate surface area is 183 Å². The molecule has 1 unspecified atom stereocenters. The molecule has 0 aliphatic carbocycles. The average Bonchev–Trinajstić information content (AvgIpc) is 3.04. The van der Waals surface area contributed by atoms with E-state index >= 15 is 0 Å². The molecule has 0 spiro atoms. The summed E-state index contributed by atoms with van der Waals surface area (Å²) in [7, 11) is 3.46. The van der Waals surface area contributed by atoms with Crippen molar-refractivity contribution in [1.82, 2.24) is 20.1 Å². The van der Waals surface area contributed by atoms with Crippen LogP contribution in [0.15, 0.2) is 22.7 Å². The molecule has 2 aromatic heterocycles. The monoisotopic (exact) mass is 472 g/mol. The molecule has 0 fully saturated rings. The van der Waals surface area contributed by atoms with Gasteiger partial charge in [-0.05, 0) is 49.6 Å². The number of rotatable bonds is 5. The summed E-state index contributed by atoms with van der Waals surface area (Å²) in [6, 6.07) is 5.86. The topological polar surface area (TPSA) is 78.3 Å². The summed E-state index contributed by atoms with van der Waals surface area (Å²) in [5.41, 5.74) is 4.85. The van der Waals surface area contributed by atoms with Gasteiger partial charge in [-0.25, -0.2) is 9.67 Å². The second-order valence-electron chi connectivity index (χ2n) is 7.57. The standard InChI is InChI=1S/C22H25BrN4O3/c1-12-15(13(2)24-21-20(12)22(29-4)26-27(21)3)6-8-19(28)25-17-9-10-30-18-7-5-14(23)11-16(17)18/h5,7,11,17H,6,8-10H2,1-4H3,(H,25,28). The zero-order chi connectivity index (χ0) is 21.4. The molecule has 1 aromatic carbocycles. The molecule has 0 bridgehead atoms. The largest absolute Gasteiger partial charge is 0.493 e. The number of halogens is 1. The van der Waals surface area contributed by atoms with Crippen molar-refractivity contribution in [2.45, 2.75) is 39.2 Å². The first-order valence-corrected chi connectivity index (χ1v) is 10.8. The van der Waals surface area contributed by atoms with Gasteiger partial charge in [0.05, 0.1) is 25.1 Å². The van der Waals surface area contributed by atoms with Crippen molar-refractivity contribution in [2.75, 3.05) is 13.7 Å². The average molecular weight is 473 g/mol. The van der Waals surface area contributed by atoms with Crippen molar-refractivity contribution in [1.29, 1.82) is 0 Å². The number of ether oxygens (including phenoxy) is 2. The Morgan fingerprint density at radius 3 is 2.97 bits per heavy atom. The molecule has 0 radical (unpaired) electrons. The van der Waals surface area contributed by atoms with Crippen molar-refractivity contribution in [3.8, 4) is 11.6 Å². The van der Waals surface area contributed by atoms with Crippen molar-refractivity contribution >= 4 is 32.9 Å². The Morgan fingerprint density at radius 1 is 1.40 bits per heavy atom. The van der Waals surface area contributed by atoms with Crippen LogP contribution in [0.2, 0.25) is 0 Å². The van der Waals surface area contributed by atoms with E-state index in [1.54, 1.807) is 11.8 Å². The molecule has 1 atom stereocenters. The summed E-state index contributed by atoms with van der Waals surface area (Å²) in [5.74, 6) is 1.41. The maximum Gasteiger partial charge on any atom is 0.242 e. The van der Waals surface area contributed by atoms with Crippen LogP contribution in [0.25, 0.3) is 11.0 Å². The minimum Gasteiger partial charge on any atom is -0.493 e. The van der Waals surface area contributed by atoms with Crippen LogP contribution in [0, 0.1) is 13.8 Å². The highest BCUT2D eigenvalue weighted by molar-refractivity contribution is 9.10. The summed E-state index contributed by atoms with van der Waals surface area (Å²) in [6.45, 7) is 4.62. The van der Waals surface area contributed by atoms with Gasteiger partial charge < -0.3 is 14.8 Å². The van der Waals surface area contributed by atoms with Gasteiger partial charge in [0.2, 0.25) is 11.8 Å². The van der Waals surface area contributed by atoms with Crippen LogP contribution in [-0.2, 0) is 18.3 Å². The number of nitrogens with zero attached hydrogens (tertiary/aromatic N) is 3. The molecule has 7 nitrogen and oxygen atoms in total. The van der Waals surface area contributed by atoms with Crippen LogP contribution in [0.5, 0.6) is 11.6 Å². The lowest BCUT2D eigenvalue weighted by molar-refractivity contribution is -0.122. The molecule has 1 aliphatic rings. The molecule has 1 aliphatic heterocycles. The number of aromatic nitrogens is 3. The van der Waals surface area contributed by atoms with Crippen LogP contribution < -0.4 is 14.8 Å². The molecular formula is C22H25BrN4O3. The second kappa shape index (κ2) is 8.26. The van der Waals surface area contributed by atoms with Crippen LogP contribution >= 0.6 is 15.9 Å². The van der Waals surface area contributed by atoms with Crippen LogP contribution in [0.3, 0.4) is 0 Å². The first-order chi connectivity index (χ1) is 14.4. The highest BCUT2D eigenvalue weighted by Gasteiger charge is 2.24. The Bertz CT molecular complexity index is 1130. The fourth-order valence-corrected chi connectivity index (χ4v) is 4.51. The number of nitrogens with one attached hydrogen (secondary N) is 1. The molecule has 0 saturated carbocycles. The van der Waals surface area contributed by atoms with Gasteiger partial charge in [-0.3, -0.25) is 4.79 Å². The lowest BCUT2D eigenvalue weighted by Gasteiger charge is -2.27. The Balaban J connectivity index is 1.51. The van der Waals surface area contributed by atoms with Crippen LogP contribution in [0.4, 0.5) is 0 Å². The van der Waals surface area contributed by atoms with Crippen LogP contribution in [-0.4, -0.2) is 34.4 Å². The predicted molar refractivity (Wildman–Crippen MR) is 118 cm³/mol. The summed E-state index contributed by atoms with van der Waals surface area (Å²) >= 11 is 3.50. The summed E-state index contributed by atoms with van der Waals surface area (Å²) in [4.78, 5) is 17.5. The third-order valence-corrected chi connectivity index (χ3v) is 6.16. The summed E-state index contributed by atoms with van der Waals surface area (Å²) < 4.78 is 13.8. The number of methoxy groups -OCH3 is 1. The van der Waals surface area contributed by atoms with Gasteiger partial charge >= 0.3 is 0 Å². The van der Waals surface area contributed by atoms with E-state index in [0.29, 0.717) is 25.3 Å². The van der Waals surface area contributed by atoms with Crippen molar-refractivity contribution in [3.63, 3.8) is 0 Å². The van der Waals surface area contributed by atoms with E-state index in [2.05, 4.69) is 26.3 Å². The Kier molecular flexibility index (Phi) is 5.69. The van der Waals surface area contributed by atoms with Gasteiger partial charge in [-0.2, -0.15) is 0 Å². The number of benzene rings is 1. The van der Waals surface area contributed by atoms with E-state index in [4.69, 9.17) is 14.5 Å². The number of fused-ring (bicyclic) bond motifs is 2. The summed E-state index contributed by atoms with van der Waals surface area (Å²) in [5, 5.41) is 8.47. The van der Waals surface area contributed by atoms with E-state index in [1.807, 2.05) is 39.1 Å². The number of carbonyl (C=O) groups excluding carboxylic acids is 1. The second-order valence-corrected chi connectivity index (χ2v) is 8.49. The third kappa shape index (κ3) is 3.76. The molecule has 158 valence electrons. The van der Waals surface area contributed by atoms with Gasteiger partial charge in [0.15, 0.2) is 5.65 Å². The number of carbonyl (C=O) groups is 1. The minimum absolute atomic E-state index is 0.0184. The molecule has 30 heavy (non-hydrogen) atoms. The predicted octanol–water partition coefficient (Wildman–Crippen LogP) is 3.93. The first-order valence-electron chi connectivity index (χ1n) is 9.97. The quantitative estimate of drug-likeness (QED) is 0.608. The normalized spacial score (nSPS) is 15.6. The fraction of sp³-hybridized carbons (Fsp3) is 0.409. The van der Waals surface area contributed by atoms with Crippen molar-refractivity contribution < 1.29 is 14.3 Å². The lowest BCUT2D eigenvalue weighted by atomic mass is 9.98. The molecule has 8 heteroatoms. The molecule has 1 amide bonds. The maximum absolute atomic E-state index is 12.8. The smallest absolute Gasteiger partial charge is 0.242 e. The molecule has 4 rings (SSSR count). The highest BCUT2D eigenvalue weighted by atomic mass is 79.9. The number of amides is 1. The molecule has 1 N–H and O–H groups in total. The van der Waals surface area contributed by atoms with Crippen LogP contribution in [0.1, 0.15) is 41.3 Å². The van der Waals surface area contributed by atoms with Crippen molar-refractivity contribution in [2.24, 2.45) is 7.05 Å². The zero-order valence-electron chi connectivity index (χ0n) is 17.6. The molecule has 0 saturated heterocycles. The van der Waals surface area contributed by atoms with E-state index in [9.17, 15) is 4.79 Å². The SMILES string of the molecule is COc1nn(C)c2nc(C)c(CCC(=O)NC3CCOc4ccc(Br)cc43)c(C)c12. The number of hydrogen-bond donors (Lipinski definition) is 1. The van der Waals surface area contributed by atoms with E-state index < -0.39 is 0 Å². The van der Waals surface area contributed by atoms with E-state index in [-0.39, 0.29) is 11.9 Å². The number of hydrogen-bond acceptors (Lipinski definition) is 5. The maximum atomic E-state index is 12.8. The number of aryl methyl sites for hydroxylation is 3. The minimum atomic E-state index is -0.0417. The zero-order valence-corrected chi connectivity index (χ0v) is 19.2. The lowest BCUT2D eigenvalue weighted by Crippen LogP contribution is -2.32. The molecule has 3 heterocycles. The number of pyridine rings is 1. The third-order valence-electron chi connectivity index (χ3n) is 5.66. The van der Waals surface area contributed by atoms with Gasteiger partial charge in [-0.15, -0.1) is 5.10 Å². The summed E-state index contributed by atoms with van der Waals surface area (Å²) in [6.07, 6.45) is 1.75. The van der Waals surface area contributed by atoms with Gasteiger partial charge in [0.25, 0.3) is 0 Å². The molecule has 3 aromatic rings. The van der Waals surface area contributed by atoms with Gasteiger partial charge in [-0.1, -0.05) is 15.9 Å². The fourth-order valence-electron chi connectivity index (χ4n) is 4.13. The van der Waals surface area contributed by atoms with E-state index in [1.165, 1.54) is 0 Å². The van der Waals surface area contributed by atoms with Gasteiger partial charge in [0, 0.05) is 35.6 Å². The highest BCUT2D eigenvalue weighted by Crippen LogP contribution is 2.34. The van der Waals surface area contributed by atoms with Gasteiger partial charge in [0.1, 0.15) is 5.75 Å². The van der Waals surface area contributed by atoms with Crippen molar-refractivity contribution in [3.05, 3.63) is 45.1 Å². The van der Waals surface area contributed by atoms with E-state index in [0.717, 1.165) is 50.1 Å².